The van der Waals surface area contributed by atoms with E-state index in [1.165, 1.54) is 18.7 Å². The van der Waals surface area contributed by atoms with E-state index in [2.05, 4.69) is 27.8 Å². The topological polar surface area (TPSA) is 19.4 Å². The SMILES string of the molecule is CC.CCN1CCN(Cc2ccc(Cl)nc2)CC1. The summed E-state index contributed by atoms with van der Waals surface area (Å²) < 4.78 is 0. The van der Waals surface area contributed by atoms with Gasteiger partial charge in [0.25, 0.3) is 0 Å². The van der Waals surface area contributed by atoms with Crippen molar-refractivity contribution in [3.63, 3.8) is 0 Å². The minimum absolute atomic E-state index is 0.569. The van der Waals surface area contributed by atoms with Crippen molar-refractivity contribution >= 4 is 11.6 Å². The van der Waals surface area contributed by atoms with Crippen molar-refractivity contribution in [2.24, 2.45) is 0 Å². The number of rotatable bonds is 3. The van der Waals surface area contributed by atoms with Gasteiger partial charge in [-0.2, -0.15) is 0 Å². The molecule has 0 aliphatic carbocycles. The fourth-order valence-corrected chi connectivity index (χ4v) is 2.13. The third-order valence-electron chi connectivity index (χ3n) is 3.11. The summed E-state index contributed by atoms with van der Waals surface area (Å²) in [6, 6.07) is 3.92. The molecule has 2 rings (SSSR count). The second kappa shape index (κ2) is 8.46. The molecule has 0 aromatic carbocycles. The zero-order valence-corrected chi connectivity index (χ0v) is 12.5. The second-order valence-electron chi connectivity index (χ2n) is 4.20. The molecule has 0 radical (unpaired) electrons. The summed E-state index contributed by atoms with van der Waals surface area (Å²) in [4.78, 5) is 9.06. The Hall–Kier alpha value is -0.640. The minimum atomic E-state index is 0.569. The smallest absolute Gasteiger partial charge is 0.129 e. The van der Waals surface area contributed by atoms with E-state index < -0.39 is 0 Å². The van der Waals surface area contributed by atoms with Crippen LogP contribution in [-0.4, -0.2) is 47.5 Å². The quantitative estimate of drug-likeness (QED) is 0.787. The molecule has 0 N–H and O–H groups in total. The summed E-state index contributed by atoms with van der Waals surface area (Å²) in [6.45, 7) is 13.0. The monoisotopic (exact) mass is 269 g/mol. The highest BCUT2D eigenvalue weighted by molar-refractivity contribution is 6.29. The van der Waals surface area contributed by atoms with Crippen LogP contribution in [0, 0.1) is 0 Å². The number of likely N-dealkylation sites (N-methyl/N-ethyl adjacent to an activating group) is 1. The molecule has 1 aromatic rings. The lowest BCUT2D eigenvalue weighted by atomic mass is 10.2. The lowest BCUT2D eigenvalue weighted by Gasteiger charge is -2.33. The summed E-state index contributed by atoms with van der Waals surface area (Å²) in [5.74, 6) is 0. The van der Waals surface area contributed by atoms with Crippen LogP contribution in [0.3, 0.4) is 0 Å². The molecule has 1 aliphatic heterocycles. The van der Waals surface area contributed by atoms with E-state index in [9.17, 15) is 0 Å². The largest absolute Gasteiger partial charge is 0.301 e. The van der Waals surface area contributed by atoms with Gasteiger partial charge < -0.3 is 4.90 Å². The van der Waals surface area contributed by atoms with Gasteiger partial charge in [-0.3, -0.25) is 4.90 Å². The molecule has 0 amide bonds. The normalized spacial score (nSPS) is 17.1. The molecule has 1 aromatic heterocycles. The predicted molar refractivity (Wildman–Crippen MR) is 78.0 cm³/mol. The lowest BCUT2D eigenvalue weighted by Crippen LogP contribution is -2.45. The van der Waals surface area contributed by atoms with E-state index >= 15 is 0 Å². The third kappa shape index (κ3) is 4.92. The van der Waals surface area contributed by atoms with Crippen molar-refractivity contribution in [1.29, 1.82) is 0 Å². The standard InChI is InChI=1S/C12H18ClN3.C2H6/c1-2-15-5-7-16(8-6-15)10-11-3-4-12(13)14-9-11;1-2/h3-4,9H,2,5-8,10H2,1H3;1-2H3. The third-order valence-corrected chi connectivity index (χ3v) is 3.33. The summed E-state index contributed by atoms with van der Waals surface area (Å²) in [5, 5.41) is 0.569. The van der Waals surface area contributed by atoms with Gasteiger partial charge in [-0.25, -0.2) is 4.98 Å². The first-order chi connectivity index (χ1) is 8.78. The maximum Gasteiger partial charge on any atom is 0.129 e. The van der Waals surface area contributed by atoms with Gasteiger partial charge in [0.2, 0.25) is 0 Å². The number of piperazine rings is 1. The molecule has 0 spiro atoms. The molecule has 0 bridgehead atoms. The molecular weight excluding hydrogens is 246 g/mol. The summed E-state index contributed by atoms with van der Waals surface area (Å²) in [6.07, 6.45) is 1.87. The number of nitrogens with zero attached hydrogens (tertiary/aromatic N) is 3. The Morgan fingerprint density at radius 2 is 1.72 bits per heavy atom. The molecule has 1 aliphatic rings. The first kappa shape index (κ1) is 15.4. The van der Waals surface area contributed by atoms with Gasteiger partial charge in [0.1, 0.15) is 5.15 Å². The van der Waals surface area contributed by atoms with E-state index in [-0.39, 0.29) is 0 Å². The van der Waals surface area contributed by atoms with Gasteiger partial charge in [-0.05, 0) is 18.2 Å². The van der Waals surface area contributed by atoms with Gasteiger partial charge in [0.05, 0.1) is 0 Å². The highest BCUT2D eigenvalue weighted by Crippen LogP contribution is 2.10. The Bertz CT molecular complexity index is 318. The molecule has 3 nitrogen and oxygen atoms in total. The predicted octanol–water partition coefficient (Wildman–Crippen LogP) is 2.90. The Labute approximate surface area is 116 Å². The molecule has 18 heavy (non-hydrogen) atoms. The second-order valence-corrected chi connectivity index (χ2v) is 4.59. The maximum absolute atomic E-state index is 5.76. The minimum Gasteiger partial charge on any atom is -0.301 e. The van der Waals surface area contributed by atoms with Crippen molar-refractivity contribution in [2.45, 2.75) is 27.3 Å². The fraction of sp³-hybridized carbons (Fsp3) is 0.643. The van der Waals surface area contributed by atoms with E-state index in [1.807, 2.05) is 26.1 Å². The van der Waals surface area contributed by atoms with Crippen molar-refractivity contribution in [1.82, 2.24) is 14.8 Å². The van der Waals surface area contributed by atoms with Crippen LogP contribution in [0.2, 0.25) is 5.15 Å². The molecule has 0 saturated carbocycles. The molecule has 0 atom stereocenters. The van der Waals surface area contributed by atoms with Gasteiger partial charge >= 0.3 is 0 Å². The summed E-state index contributed by atoms with van der Waals surface area (Å²) in [5.41, 5.74) is 1.24. The number of hydrogen-bond acceptors (Lipinski definition) is 3. The highest BCUT2D eigenvalue weighted by atomic mass is 35.5. The molecule has 4 heteroatoms. The van der Waals surface area contributed by atoms with E-state index in [0.717, 1.165) is 26.2 Å². The first-order valence-electron chi connectivity index (χ1n) is 6.83. The Balaban J connectivity index is 0.000000771. The van der Waals surface area contributed by atoms with Crippen molar-refractivity contribution in [3.8, 4) is 0 Å². The molecular formula is C14H24ClN3. The van der Waals surface area contributed by atoms with Crippen LogP contribution >= 0.6 is 11.6 Å². The number of halogens is 1. The first-order valence-corrected chi connectivity index (χ1v) is 7.21. The summed E-state index contributed by atoms with van der Waals surface area (Å²) in [7, 11) is 0. The Morgan fingerprint density at radius 1 is 1.11 bits per heavy atom. The van der Waals surface area contributed by atoms with Crippen LogP contribution < -0.4 is 0 Å². The maximum atomic E-state index is 5.76. The van der Waals surface area contributed by atoms with Crippen molar-refractivity contribution < 1.29 is 0 Å². The van der Waals surface area contributed by atoms with Gasteiger partial charge in [-0.1, -0.05) is 38.4 Å². The lowest BCUT2D eigenvalue weighted by molar-refractivity contribution is 0.132. The van der Waals surface area contributed by atoms with Crippen LogP contribution in [0.25, 0.3) is 0 Å². The molecule has 2 heterocycles. The Kier molecular flexibility index (Phi) is 7.25. The van der Waals surface area contributed by atoms with Gasteiger partial charge in [0.15, 0.2) is 0 Å². The average Bonchev–Trinajstić information content (AvgIpc) is 2.44. The van der Waals surface area contributed by atoms with Crippen LogP contribution in [0.1, 0.15) is 26.3 Å². The van der Waals surface area contributed by atoms with Crippen molar-refractivity contribution in [2.75, 3.05) is 32.7 Å². The summed E-state index contributed by atoms with van der Waals surface area (Å²) >= 11 is 5.76. The Morgan fingerprint density at radius 3 is 2.22 bits per heavy atom. The van der Waals surface area contributed by atoms with E-state index in [4.69, 9.17) is 11.6 Å². The van der Waals surface area contributed by atoms with Crippen LogP contribution in [0.15, 0.2) is 18.3 Å². The highest BCUT2D eigenvalue weighted by Gasteiger charge is 2.15. The molecule has 102 valence electrons. The number of hydrogen-bond donors (Lipinski definition) is 0. The van der Waals surface area contributed by atoms with E-state index in [1.54, 1.807) is 0 Å². The molecule has 1 fully saturated rings. The zero-order chi connectivity index (χ0) is 13.4. The number of aromatic nitrogens is 1. The van der Waals surface area contributed by atoms with Crippen LogP contribution in [-0.2, 0) is 6.54 Å². The number of pyridine rings is 1. The van der Waals surface area contributed by atoms with E-state index in [0.29, 0.717) is 5.15 Å². The van der Waals surface area contributed by atoms with Gasteiger partial charge in [0, 0.05) is 38.9 Å². The van der Waals surface area contributed by atoms with Crippen LogP contribution in [0.4, 0.5) is 0 Å². The zero-order valence-electron chi connectivity index (χ0n) is 11.7. The molecule has 1 saturated heterocycles. The van der Waals surface area contributed by atoms with Crippen molar-refractivity contribution in [3.05, 3.63) is 29.0 Å². The fourth-order valence-electron chi connectivity index (χ4n) is 2.02. The van der Waals surface area contributed by atoms with Gasteiger partial charge in [-0.15, -0.1) is 0 Å². The van der Waals surface area contributed by atoms with Crippen LogP contribution in [0.5, 0.6) is 0 Å². The average molecular weight is 270 g/mol. The molecule has 0 unspecified atom stereocenters.